The Hall–Kier alpha value is -3.34. The van der Waals surface area contributed by atoms with Crippen LogP contribution in [0.15, 0.2) is 61.8 Å². The van der Waals surface area contributed by atoms with E-state index in [1.54, 1.807) is 24.3 Å². The predicted molar refractivity (Wildman–Crippen MR) is 110 cm³/mol. The summed E-state index contributed by atoms with van der Waals surface area (Å²) in [6.45, 7) is 7.22. The molecule has 0 unspecified atom stereocenters. The number of aromatic nitrogens is 2. The fraction of sp³-hybridized carbons (Fsp3) is 0.211. The number of hydrogen-bond acceptors (Lipinski definition) is 8. The van der Waals surface area contributed by atoms with Gasteiger partial charge in [-0.25, -0.2) is 0 Å². The fourth-order valence-corrected chi connectivity index (χ4v) is 3.09. The summed E-state index contributed by atoms with van der Waals surface area (Å²) in [5.41, 5.74) is 4.35. The van der Waals surface area contributed by atoms with E-state index < -0.39 is 12.6 Å². The van der Waals surface area contributed by atoms with Crippen molar-refractivity contribution in [2.45, 2.75) is 26.4 Å². The molecular formula is C19H16F3N7S. The Morgan fingerprint density at radius 3 is 2.07 bits per heavy atom. The summed E-state index contributed by atoms with van der Waals surface area (Å²) in [5, 5.41) is 23.4. The Bertz CT molecular complexity index is 1120. The first kappa shape index (κ1) is 21.4. The van der Waals surface area contributed by atoms with Crippen LogP contribution in [0.1, 0.15) is 16.1 Å². The molecule has 0 spiro atoms. The van der Waals surface area contributed by atoms with Gasteiger partial charge in [-0.15, -0.1) is 20.4 Å². The number of rotatable bonds is 6. The van der Waals surface area contributed by atoms with Crippen LogP contribution in [0.3, 0.4) is 0 Å². The van der Waals surface area contributed by atoms with Gasteiger partial charge in [0, 0.05) is 0 Å². The van der Waals surface area contributed by atoms with Crippen LogP contribution >= 0.6 is 11.3 Å². The molecule has 11 heteroatoms. The van der Waals surface area contributed by atoms with Crippen molar-refractivity contribution in [2.24, 2.45) is 25.4 Å². The molecule has 7 nitrogen and oxygen atoms in total. The fourth-order valence-electron chi connectivity index (χ4n) is 2.40. The zero-order chi connectivity index (χ0) is 21.7. The van der Waals surface area contributed by atoms with E-state index in [4.69, 9.17) is 0 Å². The van der Waals surface area contributed by atoms with E-state index in [-0.39, 0.29) is 10.1 Å². The van der Waals surface area contributed by atoms with Gasteiger partial charge in [0.2, 0.25) is 0 Å². The molecule has 2 aromatic carbocycles. The van der Waals surface area contributed by atoms with E-state index in [0.29, 0.717) is 11.4 Å². The second-order valence-electron chi connectivity index (χ2n) is 6.27. The summed E-state index contributed by atoms with van der Waals surface area (Å²) in [7, 11) is 0. The van der Waals surface area contributed by atoms with Crippen molar-refractivity contribution in [3.8, 4) is 0 Å². The van der Waals surface area contributed by atoms with E-state index in [1.807, 2.05) is 26.0 Å². The molecule has 0 aliphatic carbocycles. The lowest BCUT2D eigenvalue weighted by Gasteiger charge is -2.02. The van der Waals surface area contributed by atoms with Gasteiger partial charge in [-0.1, -0.05) is 11.3 Å². The third kappa shape index (κ3) is 5.83. The molecule has 0 aliphatic rings. The summed E-state index contributed by atoms with van der Waals surface area (Å²) in [6.07, 6.45) is -5.47. The Balaban J connectivity index is 1.71. The van der Waals surface area contributed by atoms with Gasteiger partial charge in [0.25, 0.3) is 5.13 Å². The van der Waals surface area contributed by atoms with Crippen molar-refractivity contribution in [3.05, 3.63) is 52.5 Å². The molecule has 0 aliphatic heterocycles. The third-order valence-electron chi connectivity index (χ3n) is 3.87. The average Bonchev–Trinajstić information content (AvgIpc) is 3.11. The highest BCUT2D eigenvalue weighted by Gasteiger charge is 2.29. The molecule has 0 atom stereocenters. The van der Waals surface area contributed by atoms with E-state index >= 15 is 0 Å². The van der Waals surface area contributed by atoms with Crippen LogP contribution in [-0.4, -0.2) is 23.1 Å². The van der Waals surface area contributed by atoms with Crippen molar-refractivity contribution >= 4 is 45.9 Å². The van der Waals surface area contributed by atoms with Gasteiger partial charge in [0.1, 0.15) is 5.01 Å². The maximum absolute atomic E-state index is 12.4. The lowest BCUT2D eigenvalue weighted by atomic mass is 10.2. The number of benzene rings is 2. The number of aryl methyl sites for hydroxylation is 2. The normalized spacial score (nSPS) is 12.2. The van der Waals surface area contributed by atoms with Gasteiger partial charge in [0.15, 0.2) is 0 Å². The molecular weight excluding hydrogens is 415 g/mol. The van der Waals surface area contributed by atoms with Gasteiger partial charge >= 0.3 is 6.18 Å². The molecule has 1 heterocycles. The first-order chi connectivity index (χ1) is 14.2. The zero-order valence-corrected chi connectivity index (χ0v) is 16.9. The number of nitrogens with zero attached hydrogens (tertiary/aromatic N) is 7. The number of aliphatic imine (C=N–C) groups is 1. The van der Waals surface area contributed by atoms with E-state index in [0.717, 1.165) is 33.8 Å². The highest BCUT2D eigenvalue weighted by atomic mass is 32.1. The second kappa shape index (κ2) is 8.99. The molecule has 0 radical (unpaired) electrons. The Kier molecular flexibility index (Phi) is 6.40. The standard InChI is InChI=1S/C19H16F3N7S/c1-11-8-13(23-3)4-6-15(11)25-24-14-5-7-16(12(2)9-14)26-28-18-29-27-17(30-18)10-19(20,21)22/h4-9H,3,10H2,1-2H3/b25-24+,28-26+. The molecule has 0 bridgehead atoms. The lowest BCUT2D eigenvalue weighted by molar-refractivity contribution is -0.127. The minimum Gasteiger partial charge on any atom is -0.265 e. The van der Waals surface area contributed by atoms with Crippen LogP contribution in [0.25, 0.3) is 0 Å². The van der Waals surface area contributed by atoms with Gasteiger partial charge in [-0.05, 0) is 68.1 Å². The smallest absolute Gasteiger partial charge is 0.265 e. The van der Waals surface area contributed by atoms with Crippen LogP contribution in [0.5, 0.6) is 0 Å². The van der Waals surface area contributed by atoms with Crippen molar-refractivity contribution in [2.75, 3.05) is 0 Å². The highest BCUT2D eigenvalue weighted by molar-refractivity contribution is 7.14. The largest absolute Gasteiger partial charge is 0.395 e. The van der Waals surface area contributed by atoms with Crippen LogP contribution in [-0.2, 0) is 6.42 Å². The van der Waals surface area contributed by atoms with Crippen LogP contribution in [0, 0.1) is 13.8 Å². The molecule has 0 saturated carbocycles. The molecule has 0 N–H and O–H groups in total. The summed E-state index contributed by atoms with van der Waals surface area (Å²) < 4.78 is 37.1. The van der Waals surface area contributed by atoms with Crippen molar-refractivity contribution < 1.29 is 13.2 Å². The van der Waals surface area contributed by atoms with Gasteiger partial charge < -0.3 is 0 Å². The summed E-state index contributed by atoms with van der Waals surface area (Å²) in [4.78, 5) is 3.87. The minimum atomic E-state index is -4.34. The number of hydrogen-bond donors (Lipinski definition) is 0. The maximum atomic E-state index is 12.4. The monoisotopic (exact) mass is 431 g/mol. The lowest BCUT2D eigenvalue weighted by Crippen LogP contribution is -2.11. The number of azo groups is 2. The quantitative estimate of drug-likeness (QED) is 0.300. The second-order valence-corrected chi connectivity index (χ2v) is 7.31. The first-order valence-corrected chi connectivity index (χ1v) is 9.46. The van der Waals surface area contributed by atoms with Crippen molar-refractivity contribution in [1.82, 2.24) is 10.2 Å². The van der Waals surface area contributed by atoms with Gasteiger partial charge in [-0.2, -0.15) is 23.4 Å². The van der Waals surface area contributed by atoms with E-state index in [1.165, 1.54) is 0 Å². The zero-order valence-electron chi connectivity index (χ0n) is 16.1. The third-order valence-corrected chi connectivity index (χ3v) is 4.68. The summed E-state index contributed by atoms with van der Waals surface area (Å²) in [6, 6.07) is 10.7. The molecule has 3 rings (SSSR count). The van der Waals surface area contributed by atoms with E-state index in [9.17, 15) is 13.2 Å². The minimum absolute atomic E-state index is 0.0605. The van der Waals surface area contributed by atoms with Crippen LogP contribution in [0.2, 0.25) is 0 Å². The summed E-state index contributed by atoms with van der Waals surface area (Å²) >= 11 is 0.751. The van der Waals surface area contributed by atoms with Crippen molar-refractivity contribution in [1.29, 1.82) is 0 Å². The molecule has 0 amide bonds. The number of halogens is 3. The Morgan fingerprint density at radius 1 is 0.867 bits per heavy atom. The molecule has 3 aromatic rings. The molecule has 0 fully saturated rings. The predicted octanol–water partition coefficient (Wildman–Crippen LogP) is 7.42. The molecule has 154 valence electrons. The SMILES string of the molecule is C=Nc1ccc(/N=N/c2ccc(/N=N/c3nnc(CC(F)(F)F)s3)c(C)c2)c(C)c1. The molecule has 1 aromatic heterocycles. The van der Waals surface area contributed by atoms with Gasteiger partial charge in [0.05, 0.1) is 29.2 Å². The first-order valence-electron chi connectivity index (χ1n) is 8.64. The topological polar surface area (TPSA) is 87.6 Å². The van der Waals surface area contributed by atoms with Crippen molar-refractivity contribution in [3.63, 3.8) is 0 Å². The highest BCUT2D eigenvalue weighted by Crippen LogP contribution is 2.31. The summed E-state index contributed by atoms with van der Waals surface area (Å²) in [5.74, 6) is 0. The average molecular weight is 431 g/mol. The Morgan fingerprint density at radius 2 is 1.47 bits per heavy atom. The van der Waals surface area contributed by atoms with E-state index in [2.05, 4.69) is 42.4 Å². The van der Waals surface area contributed by atoms with Crippen LogP contribution in [0.4, 0.5) is 41.1 Å². The number of alkyl halides is 3. The maximum Gasteiger partial charge on any atom is 0.395 e. The molecule has 0 saturated heterocycles. The van der Waals surface area contributed by atoms with Crippen LogP contribution < -0.4 is 0 Å². The van der Waals surface area contributed by atoms with Gasteiger partial charge in [-0.3, -0.25) is 4.99 Å². The Labute approximate surface area is 174 Å². The molecule has 30 heavy (non-hydrogen) atoms.